The Hall–Kier alpha value is -1.28. The van der Waals surface area contributed by atoms with Gasteiger partial charge in [-0.1, -0.05) is 63.1 Å². The third kappa shape index (κ3) is 10.7. The van der Waals surface area contributed by atoms with Crippen molar-refractivity contribution in [3.63, 3.8) is 0 Å². The number of hydrogen-bond acceptors (Lipinski definition) is 7. The highest BCUT2D eigenvalue weighted by Crippen LogP contribution is 2.40. The maximum absolute atomic E-state index is 11.5. The van der Waals surface area contributed by atoms with Crippen LogP contribution in [0.5, 0.6) is 5.75 Å². The predicted molar refractivity (Wildman–Crippen MR) is 142 cm³/mol. The van der Waals surface area contributed by atoms with Crippen molar-refractivity contribution < 1.29 is 29.6 Å². The number of methoxy groups -OCH3 is 1. The highest BCUT2D eigenvalue weighted by Gasteiger charge is 2.43. The molecular weight excluding hydrogens is 464 g/mol. The molecule has 0 radical (unpaired) electrons. The maximum atomic E-state index is 11.5. The lowest BCUT2D eigenvalue weighted by Crippen LogP contribution is -2.40. The number of hydrogen-bond donors (Lipinski definition) is 3. The van der Waals surface area contributed by atoms with Crippen molar-refractivity contribution in [3.05, 3.63) is 29.8 Å². The maximum Gasteiger partial charge on any atom is 0.305 e. The first kappa shape index (κ1) is 29.9. The summed E-state index contributed by atoms with van der Waals surface area (Å²) in [6.45, 7) is 4.39. The first-order valence-electron chi connectivity index (χ1n) is 13.2. The van der Waals surface area contributed by atoms with Crippen molar-refractivity contribution in [2.75, 3.05) is 19.5 Å². The van der Waals surface area contributed by atoms with E-state index < -0.39 is 17.8 Å². The summed E-state index contributed by atoms with van der Waals surface area (Å²) in [5.74, 6) is 1.05. The van der Waals surface area contributed by atoms with E-state index in [-0.39, 0.29) is 23.7 Å². The molecule has 6 nitrogen and oxygen atoms in total. The Bertz CT molecular complexity index is 727. The van der Waals surface area contributed by atoms with E-state index in [0.29, 0.717) is 25.0 Å². The van der Waals surface area contributed by atoms with E-state index >= 15 is 0 Å². The minimum atomic E-state index is -0.990. The Kier molecular flexibility index (Phi) is 13.5. The molecular formula is C28H46O6S. The van der Waals surface area contributed by atoms with E-state index in [9.17, 15) is 20.1 Å². The van der Waals surface area contributed by atoms with Crippen molar-refractivity contribution >= 4 is 17.7 Å². The number of aliphatic hydroxyl groups excluding tert-OH is 2. The van der Waals surface area contributed by atoms with Crippen molar-refractivity contribution in [2.24, 2.45) is 5.92 Å². The molecule has 200 valence electrons. The van der Waals surface area contributed by atoms with Crippen molar-refractivity contribution in [1.82, 2.24) is 0 Å². The van der Waals surface area contributed by atoms with Crippen LogP contribution in [0.1, 0.15) is 83.1 Å². The van der Waals surface area contributed by atoms with Gasteiger partial charge in [-0.2, -0.15) is 11.8 Å². The Labute approximate surface area is 215 Å². The molecule has 1 aromatic rings. The van der Waals surface area contributed by atoms with Crippen LogP contribution in [-0.4, -0.2) is 63.8 Å². The molecule has 0 spiro atoms. The molecule has 1 fully saturated rings. The minimum absolute atomic E-state index is 0.00789. The highest BCUT2D eigenvalue weighted by molar-refractivity contribution is 8.00. The van der Waals surface area contributed by atoms with Crippen molar-refractivity contribution in [3.8, 4) is 5.75 Å². The molecule has 35 heavy (non-hydrogen) atoms. The van der Waals surface area contributed by atoms with Crippen molar-refractivity contribution in [1.29, 1.82) is 0 Å². The number of thioether (sulfide) groups is 1. The number of carbonyl (C=O) groups is 1. The second-order valence-corrected chi connectivity index (χ2v) is 11.3. The SMILES string of the molecule is CCCCCC(O)(COc1ccc(C)cc1)CS[C@H]1C(O)CC(O)[C@@H]1CCCCCCC(=O)OC. The van der Waals surface area contributed by atoms with Crippen LogP contribution in [0.4, 0.5) is 0 Å². The number of benzene rings is 1. The van der Waals surface area contributed by atoms with Gasteiger partial charge in [-0.05, 0) is 44.2 Å². The van der Waals surface area contributed by atoms with E-state index in [4.69, 9.17) is 4.74 Å². The Balaban J connectivity index is 1.89. The van der Waals surface area contributed by atoms with E-state index in [1.54, 1.807) is 11.8 Å². The van der Waals surface area contributed by atoms with Crippen LogP contribution in [0.2, 0.25) is 0 Å². The van der Waals surface area contributed by atoms with Gasteiger partial charge in [0.05, 0.1) is 19.3 Å². The fourth-order valence-electron chi connectivity index (χ4n) is 4.75. The summed E-state index contributed by atoms with van der Waals surface area (Å²) in [6, 6.07) is 7.84. The summed E-state index contributed by atoms with van der Waals surface area (Å²) >= 11 is 1.58. The van der Waals surface area contributed by atoms with E-state index in [1.807, 2.05) is 31.2 Å². The van der Waals surface area contributed by atoms with Gasteiger partial charge in [0.1, 0.15) is 18.0 Å². The smallest absolute Gasteiger partial charge is 0.305 e. The Morgan fingerprint density at radius 1 is 1.06 bits per heavy atom. The first-order valence-corrected chi connectivity index (χ1v) is 14.3. The number of carbonyl (C=O) groups excluding carboxylic acids is 1. The van der Waals surface area contributed by atoms with Crippen LogP contribution < -0.4 is 4.74 Å². The zero-order valence-electron chi connectivity index (χ0n) is 21.8. The summed E-state index contributed by atoms with van der Waals surface area (Å²) in [5, 5.41) is 32.6. The average molecular weight is 511 g/mol. The standard InChI is InChI=1S/C28H46O6S/c1-4-5-10-17-28(32,19-34-22-15-13-21(2)14-16-22)20-35-27-23(24(29)18-25(27)30)11-8-6-7-9-12-26(31)33-3/h13-16,23-25,27,29-30,32H,4-12,17-20H2,1-3H3/t23-,24?,25?,27+,28?/m0/s1. The lowest BCUT2D eigenvalue weighted by molar-refractivity contribution is -0.140. The summed E-state index contributed by atoms with van der Waals surface area (Å²) in [7, 11) is 1.41. The monoisotopic (exact) mass is 510 g/mol. The highest BCUT2D eigenvalue weighted by atomic mass is 32.2. The second kappa shape index (κ2) is 15.7. The summed E-state index contributed by atoms with van der Waals surface area (Å²) < 4.78 is 10.6. The van der Waals surface area contributed by atoms with Crippen LogP contribution in [0, 0.1) is 12.8 Å². The van der Waals surface area contributed by atoms with E-state index in [2.05, 4.69) is 11.7 Å². The quantitative estimate of drug-likeness (QED) is 0.199. The summed E-state index contributed by atoms with van der Waals surface area (Å²) in [6.07, 6.45) is 7.99. The third-order valence-electron chi connectivity index (χ3n) is 6.99. The number of rotatable bonds is 17. The van der Waals surface area contributed by atoms with E-state index in [0.717, 1.165) is 62.7 Å². The molecule has 1 aliphatic rings. The lowest BCUT2D eigenvalue weighted by atomic mass is 9.97. The molecule has 0 saturated heterocycles. The zero-order valence-corrected chi connectivity index (χ0v) is 22.6. The van der Waals surface area contributed by atoms with Gasteiger partial charge in [-0.25, -0.2) is 0 Å². The zero-order chi connectivity index (χ0) is 25.7. The molecule has 3 unspecified atom stereocenters. The molecule has 1 aromatic carbocycles. The molecule has 1 saturated carbocycles. The fourth-order valence-corrected chi connectivity index (χ4v) is 6.38. The van der Waals surface area contributed by atoms with E-state index in [1.165, 1.54) is 7.11 Å². The molecule has 2 rings (SSSR count). The van der Waals surface area contributed by atoms with Crippen molar-refractivity contribution in [2.45, 2.75) is 108 Å². The first-order chi connectivity index (χ1) is 16.8. The van der Waals surface area contributed by atoms with Gasteiger partial charge in [0.2, 0.25) is 0 Å². The molecule has 0 aliphatic heterocycles. The van der Waals surface area contributed by atoms with Gasteiger partial charge in [0.15, 0.2) is 0 Å². The van der Waals surface area contributed by atoms with Gasteiger partial charge >= 0.3 is 5.97 Å². The molecule has 0 heterocycles. The molecule has 1 aliphatic carbocycles. The molecule has 7 heteroatoms. The fraction of sp³-hybridized carbons (Fsp3) is 0.750. The van der Waals surface area contributed by atoms with Crippen LogP contribution >= 0.6 is 11.8 Å². The number of unbranched alkanes of at least 4 members (excludes halogenated alkanes) is 5. The van der Waals surface area contributed by atoms with Crippen LogP contribution in [0.15, 0.2) is 24.3 Å². The van der Waals surface area contributed by atoms with Crippen LogP contribution in [0.3, 0.4) is 0 Å². The van der Waals surface area contributed by atoms with Crippen LogP contribution in [0.25, 0.3) is 0 Å². The predicted octanol–water partition coefficient (Wildman–Crippen LogP) is 5.04. The summed E-state index contributed by atoms with van der Waals surface area (Å²) in [4.78, 5) is 11.2. The van der Waals surface area contributed by atoms with Gasteiger partial charge in [0, 0.05) is 23.8 Å². The molecule has 0 amide bonds. The van der Waals surface area contributed by atoms with Gasteiger partial charge in [-0.3, -0.25) is 4.79 Å². The molecule has 3 N–H and O–H groups in total. The Morgan fingerprint density at radius 3 is 2.46 bits per heavy atom. The summed E-state index contributed by atoms with van der Waals surface area (Å²) in [5.41, 5.74) is 0.172. The van der Waals surface area contributed by atoms with Gasteiger partial charge < -0.3 is 24.8 Å². The molecule has 0 aromatic heterocycles. The normalized spacial score (nSPS) is 23.7. The second-order valence-electron chi connectivity index (χ2n) is 10.1. The van der Waals surface area contributed by atoms with Gasteiger partial charge in [0.25, 0.3) is 0 Å². The molecule has 5 atom stereocenters. The minimum Gasteiger partial charge on any atom is -0.491 e. The average Bonchev–Trinajstić information content (AvgIpc) is 3.11. The third-order valence-corrected chi connectivity index (χ3v) is 8.75. The number of ether oxygens (including phenoxy) is 2. The van der Waals surface area contributed by atoms with Gasteiger partial charge in [-0.15, -0.1) is 0 Å². The molecule has 0 bridgehead atoms. The number of aryl methyl sites for hydroxylation is 1. The Morgan fingerprint density at radius 2 is 1.77 bits per heavy atom. The van der Waals surface area contributed by atoms with Crippen LogP contribution in [-0.2, 0) is 9.53 Å². The largest absolute Gasteiger partial charge is 0.491 e. The number of esters is 1. The number of aliphatic hydroxyl groups is 3. The topological polar surface area (TPSA) is 96.2 Å². The lowest BCUT2D eigenvalue weighted by Gasteiger charge is -2.31.